The molecule has 0 fully saturated rings. The molecule has 1 aromatic carbocycles. The van der Waals surface area contributed by atoms with Gasteiger partial charge in [-0.25, -0.2) is 0 Å². The van der Waals surface area contributed by atoms with Gasteiger partial charge >= 0.3 is 0 Å². The molecule has 3 nitrogen and oxygen atoms in total. The average Bonchev–Trinajstić information content (AvgIpc) is 2.33. The van der Waals surface area contributed by atoms with Gasteiger partial charge in [-0.2, -0.15) is 0 Å². The third kappa shape index (κ3) is 2.97. The van der Waals surface area contributed by atoms with Crippen molar-refractivity contribution in [3.8, 4) is 0 Å². The Balaban J connectivity index is 2.14. The van der Waals surface area contributed by atoms with E-state index in [0.29, 0.717) is 0 Å². The minimum atomic E-state index is 0.217. The van der Waals surface area contributed by atoms with Gasteiger partial charge in [0.25, 0.3) is 0 Å². The number of halogens is 1. The van der Waals surface area contributed by atoms with Crippen LogP contribution in [-0.2, 0) is 0 Å². The van der Waals surface area contributed by atoms with Gasteiger partial charge in [0.1, 0.15) is 0 Å². The van der Waals surface area contributed by atoms with E-state index in [1.165, 1.54) is 5.56 Å². The fourth-order valence-corrected chi connectivity index (χ4v) is 1.96. The number of nitrogens with two attached hydrogens (primary N) is 1. The first-order chi connectivity index (χ1) is 8.16. The molecular weight excluding hydrogens is 278 g/mol. The van der Waals surface area contributed by atoms with Gasteiger partial charge in [-0.3, -0.25) is 4.98 Å². The van der Waals surface area contributed by atoms with Crippen LogP contribution < -0.4 is 11.1 Å². The zero-order chi connectivity index (χ0) is 12.3. The predicted molar refractivity (Wildman–Crippen MR) is 74.8 cm³/mol. The molecule has 0 bridgehead atoms. The summed E-state index contributed by atoms with van der Waals surface area (Å²) in [6, 6.07) is 10.0. The van der Waals surface area contributed by atoms with E-state index in [-0.39, 0.29) is 6.04 Å². The second-order valence-electron chi connectivity index (χ2n) is 3.89. The normalized spacial score (nSPS) is 12.1. The average molecular weight is 292 g/mol. The first-order valence-electron chi connectivity index (χ1n) is 5.38. The van der Waals surface area contributed by atoms with Crippen LogP contribution in [0.25, 0.3) is 0 Å². The Hall–Kier alpha value is -1.55. The molecular formula is C13H14BrN3. The quantitative estimate of drug-likeness (QED) is 0.850. The summed E-state index contributed by atoms with van der Waals surface area (Å²) in [5.74, 6) is 0. The van der Waals surface area contributed by atoms with E-state index in [4.69, 9.17) is 5.73 Å². The van der Waals surface area contributed by atoms with Gasteiger partial charge in [0.2, 0.25) is 0 Å². The van der Waals surface area contributed by atoms with Crippen molar-refractivity contribution in [2.45, 2.75) is 13.0 Å². The molecule has 1 heterocycles. The van der Waals surface area contributed by atoms with E-state index in [2.05, 4.69) is 33.2 Å². The Morgan fingerprint density at radius 1 is 1.24 bits per heavy atom. The lowest BCUT2D eigenvalue weighted by atomic mass is 10.1. The number of benzene rings is 1. The van der Waals surface area contributed by atoms with Crippen LogP contribution >= 0.6 is 15.9 Å². The summed E-state index contributed by atoms with van der Waals surface area (Å²) in [6.07, 6.45) is 3.54. The number of pyridine rings is 1. The number of nitrogen functional groups attached to an aromatic ring is 1. The van der Waals surface area contributed by atoms with E-state index < -0.39 is 0 Å². The van der Waals surface area contributed by atoms with Crippen molar-refractivity contribution in [2.75, 3.05) is 11.1 Å². The largest absolute Gasteiger partial charge is 0.399 e. The smallest absolute Gasteiger partial charge is 0.0590 e. The van der Waals surface area contributed by atoms with Gasteiger partial charge in [0, 0.05) is 24.1 Å². The number of rotatable bonds is 3. The van der Waals surface area contributed by atoms with Gasteiger partial charge in [-0.1, -0.05) is 12.1 Å². The number of nitrogens with one attached hydrogen (secondary N) is 1. The summed E-state index contributed by atoms with van der Waals surface area (Å²) in [6.45, 7) is 2.11. The SMILES string of the molecule is CC(Nc1ccncc1Br)c1ccc(N)cc1. The zero-order valence-electron chi connectivity index (χ0n) is 9.52. The maximum absolute atomic E-state index is 5.67. The Kier molecular flexibility index (Phi) is 3.64. The van der Waals surface area contributed by atoms with Crippen molar-refractivity contribution in [1.82, 2.24) is 4.98 Å². The molecule has 1 unspecified atom stereocenters. The molecule has 88 valence electrons. The standard InChI is InChI=1S/C13H14BrN3/c1-9(10-2-4-11(15)5-3-10)17-13-6-7-16-8-12(13)14/h2-9H,15H2,1H3,(H,16,17). The minimum absolute atomic E-state index is 0.217. The molecule has 0 spiro atoms. The highest BCUT2D eigenvalue weighted by molar-refractivity contribution is 9.10. The van der Waals surface area contributed by atoms with Crippen LogP contribution in [-0.4, -0.2) is 4.98 Å². The van der Waals surface area contributed by atoms with Gasteiger partial charge in [-0.15, -0.1) is 0 Å². The lowest BCUT2D eigenvalue weighted by molar-refractivity contribution is 0.883. The molecule has 1 atom stereocenters. The van der Waals surface area contributed by atoms with Gasteiger partial charge in [0.05, 0.1) is 10.2 Å². The molecule has 0 aliphatic heterocycles. The van der Waals surface area contributed by atoms with Crippen LogP contribution in [0.5, 0.6) is 0 Å². The highest BCUT2D eigenvalue weighted by Gasteiger charge is 2.06. The lowest BCUT2D eigenvalue weighted by Gasteiger charge is -2.16. The van der Waals surface area contributed by atoms with E-state index in [9.17, 15) is 0 Å². The van der Waals surface area contributed by atoms with E-state index in [0.717, 1.165) is 15.8 Å². The van der Waals surface area contributed by atoms with Crippen molar-refractivity contribution >= 4 is 27.3 Å². The molecule has 0 saturated heterocycles. The van der Waals surface area contributed by atoms with Crippen molar-refractivity contribution < 1.29 is 0 Å². The van der Waals surface area contributed by atoms with Gasteiger partial charge in [-0.05, 0) is 46.6 Å². The van der Waals surface area contributed by atoms with Crippen molar-refractivity contribution in [2.24, 2.45) is 0 Å². The van der Waals surface area contributed by atoms with Crippen LogP contribution in [0.3, 0.4) is 0 Å². The summed E-state index contributed by atoms with van der Waals surface area (Å²) in [4.78, 5) is 4.03. The summed E-state index contributed by atoms with van der Waals surface area (Å²) in [7, 11) is 0. The molecule has 1 aromatic heterocycles. The maximum Gasteiger partial charge on any atom is 0.0590 e. The Labute approximate surface area is 109 Å². The molecule has 0 radical (unpaired) electrons. The topological polar surface area (TPSA) is 50.9 Å². The van der Waals surface area contributed by atoms with Crippen molar-refractivity contribution in [3.05, 3.63) is 52.8 Å². The van der Waals surface area contributed by atoms with E-state index >= 15 is 0 Å². The summed E-state index contributed by atoms with van der Waals surface area (Å²) in [5.41, 5.74) is 8.68. The van der Waals surface area contributed by atoms with E-state index in [1.54, 1.807) is 12.4 Å². The maximum atomic E-state index is 5.67. The summed E-state index contributed by atoms with van der Waals surface area (Å²) >= 11 is 3.46. The van der Waals surface area contributed by atoms with Crippen molar-refractivity contribution in [3.63, 3.8) is 0 Å². The third-order valence-electron chi connectivity index (χ3n) is 2.58. The van der Waals surface area contributed by atoms with Crippen LogP contribution in [0.15, 0.2) is 47.2 Å². The van der Waals surface area contributed by atoms with Crippen molar-refractivity contribution in [1.29, 1.82) is 0 Å². The predicted octanol–water partition coefficient (Wildman–Crippen LogP) is 3.60. The molecule has 0 amide bonds. The molecule has 3 N–H and O–H groups in total. The second kappa shape index (κ2) is 5.19. The molecule has 0 saturated carbocycles. The number of nitrogens with zero attached hydrogens (tertiary/aromatic N) is 1. The van der Waals surface area contributed by atoms with E-state index in [1.807, 2.05) is 30.3 Å². The molecule has 4 heteroatoms. The summed E-state index contributed by atoms with van der Waals surface area (Å²) < 4.78 is 0.960. The number of hydrogen-bond acceptors (Lipinski definition) is 3. The zero-order valence-corrected chi connectivity index (χ0v) is 11.1. The Morgan fingerprint density at radius 2 is 1.94 bits per heavy atom. The molecule has 2 rings (SSSR count). The molecule has 0 aliphatic rings. The van der Waals surface area contributed by atoms with Gasteiger partial charge in [0.15, 0.2) is 0 Å². The number of aromatic nitrogens is 1. The molecule has 0 aliphatic carbocycles. The van der Waals surface area contributed by atoms with Crippen LogP contribution in [0.4, 0.5) is 11.4 Å². The second-order valence-corrected chi connectivity index (χ2v) is 4.74. The van der Waals surface area contributed by atoms with Crippen LogP contribution in [0, 0.1) is 0 Å². The molecule has 2 aromatic rings. The molecule has 17 heavy (non-hydrogen) atoms. The Morgan fingerprint density at radius 3 is 2.59 bits per heavy atom. The number of anilines is 2. The summed E-state index contributed by atoms with van der Waals surface area (Å²) in [5, 5.41) is 3.42. The first-order valence-corrected chi connectivity index (χ1v) is 6.17. The first kappa shape index (κ1) is 11.9. The van der Waals surface area contributed by atoms with Crippen LogP contribution in [0.1, 0.15) is 18.5 Å². The minimum Gasteiger partial charge on any atom is -0.399 e. The fraction of sp³-hybridized carbons (Fsp3) is 0.154. The number of hydrogen-bond donors (Lipinski definition) is 2. The highest BCUT2D eigenvalue weighted by Crippen LogP contribution is 2.25. The van der Waals surface area contributed by atoms with Gasteiger partial charge < -0.3 is 11.1 Å². The third-order valence-corrected chi connectivity index (χ3v) is 3.21. The fourth-order valence-electron chi connectivity index (χ4n) is 1.59. The highest BCUT2D eigenvalue weighted by atomic mass is 79.9. The Bertz CT molecular complexity index is 496. The van der Waals surface area contributed by atoms with Crippen LogP contribution in [0.2, 0.25) is 0 Å². The monoisotopic (exact) mass is 291 g/mol. The lowest BCUT2D eigenvalue weighted by Crippen LogP contribution is -2.07.